The minimum absolute atomic E-state index is 0. The first-order valence-electron chi connectivity index (χ1n) is 7.53. The van der Waals surface area contributed by atoms with Crippen LogP contribution in [-0.2, 0) is 14.8 Å². The van der Waals surface area contributed by atoms with Crippen LogP contribution < -0.4 is 10.0 Å². The molecule has 0 aromatic heterocycles. The van der Waals surface area contributed by atoms with E-state index in [-0.39, 0.29) is 23.9 Å². The second-order valence-electron chi connectivity index (χ2n) is 5.22. The predicted octanol–water partition coefficient (Wildman–Crippen LogP) is 1.71. The molecule has 130 valence electrons. The van der Waals surface area contributed by atoms with E-state index < -0.39 is 16.0 Å². The Bertz CT molecular complexity index is 598. The van der Waals surface area contributed by atoms with E-state index in [9.17, 15) is 13.2 Å². The Kier molecular flexibility index (Phi) is 7.98. The number of ether oxygens (including phenoxy) is 1. The van der Waals surface area contributed by atoms with Crippen LogP contribution in [0.2, 0.25) is 0 Å². The molecule has 0 aliphatic carbocycles. The summed E-state index contributed by atoms with van der Waals surface area (Å²) in [6.45, 7) is 3.42. The molecule has 1 saturated heterocycles. The van der Waals surface area contributed by atoms with Gasteiger partial charge >= 0.3 is 5.97 Å². The first kappa shape index (κ1) is 19.9. The molecule has 1 aromatic carbocycles. The second kappa shape index (κ2) is 9.22. The van der Waals surface area contributed by atoms with Crippen molar-refractivity contribution < 1.29 is 17.9 Å². The summed E-state index contributed by atoms with van der Waals surface area (Å²) in [5.41, 5.74) is 0.343. The van der Waals surface area contributed by atoms with Gasteiger partial charge in [0.2, 0.25) is 10.0 Å². The minimum atomic E-state index is -3.54. The number of halogens is 1. The monoisotopic (exact) mass is 362 g/mol. The number of esters is 1. The summed E-state index contributed by atoms with van der Waals surface area (Å²) in [7, 11) is -3.54. The number of carbonyl (C=O) groups is 1. The van der Waals surface area contributed by atoms with Crippen LogP contribution in [-0.4, -0.2) is 40.1 Å². The van der Waals surface area contributed by atoms with Crippen LogP contribution in [0.25, 0.3) is 0 Å². The fourth-order valence-electron chi connectivity index (χ4n) is 2.44. The van der Waals surface area contributed by atoms with Crippen molar-refractivity contribution in [2.24, 2.45) is 0 Å². The van der Waals surface area contributed by atoms with E-state index in [1.165, 1.54) is 24.3 Å². The van der Waals surface area contributed by atoms with Crippen molar-refractivity contribution in [3.05, 3.63) is 29.8 Å². The van der Waals surface area contributed by atoms with Gasteiger partial charge in [0.25, 0.3) is 0 Å². The molecule has 2 N–H and O–H groups in total. The van der Waals surface area contributed by atoms with Gasteiger partial charge in [0, 0.05) is 12.6 Å². The summed E-state index contributed by atoms with van der Waals surface area (Å²) in [4.78, 5) is 11.7. The standard InChI is InChI=1S/C15H22N2O4S.ClH/c1-2-21-15(18)12-5-7-14(8-6-12)22(19,20)17-11-9-13-4-3-10-16-13;/h5-8,13,16-17H,2-4,9-11H2,1H3;1H/t13-;/m1./s1. The van der Waals surface area contributed by atoms with Crippen LogP contribution in [0.3, 0.4) is 0 Å². The van der Waals surface area contributed by atoms with Gasteiger partial charge < -0.3 is 10.1 Å². The molecule has 0 unspecified atom stereocenters. The first-order valence-corrected chi connectivity index (χ1v) is 9.01. The van der Waals surface area contributed by atoms with Crippen LogP contribution in [0, 0.1) is 0 Å². The average molecular weight is 363 g/mol. The molecular formula is C15H23ClN2O4S. The summed E-state index contributed by atoms with van der Waals surface area (Å²) >= 11 is 0. The first-order chi connectivity index (χ1) is 10.5. The van der Waals surface area contributed by atoms with E-state index in [1.807, 2.05) is 0 Å². The lowest BCUT2D eigenvalue weighted by atomic mass is 10.2. The zero-order chi connectivity index (χ0) is 16.0. The highest BCUT2D eigenvalue weighted by atomic mass is 35.5. The minimum Gasteiger partial charge on any atom is -0.462 e. The molecule has 1 atom stereocenters. The number of benzene rings is 1. The normalized spacial score (nSPS) is 17.5. The molecule has 0 amide bonds. The molecule has 0 spiro atoms. The van der Waals surface area contributed by atoms with E-state index in [0.29, 0.717) is 18.2 Å². The number of rotatable bonds is 7. The molecule has 2 rings (SSSR count). The fraction of sp³-hybridized carbons (Fsp3) is 0.533. The molecule has 0 bridgehead atoms. The second-order valence-corrected chi connectivity index (χ2v) is 6.99. The predicted molar refractivity (Wildman–Crippen MR) is 90.5 cm³/mol. The van der Waals surface area contributed by atoms with Crippen LogP contribution in [0.1, 0.15) is 36.5 Å². The van der Waals surface area contributed by atoms with E-state index in [4.69, 9.17) is 4.74 Å². The van der Waals surface area contributed by atoms with Crippen molar-refractivity contribution in [2.75, 3.05) is 19.7 Å². The molecule has 23 heavy (non-hydrogen) atoms. The summed E-state index contributed by atoms with van der Waals surface area (Å²) < 4.78 is 31.8. The van der Waals surface area contributed by atoms with Crippen LogP contribution in [0.15, 0.2) is 29.2 Å². The third kappa shape index (κ3) is 5.76. The molecule has 0 radical (unpaired) electrons. The van der Waals surface area contributed by atoms with Crippen molar-refractivity contribution in [1.29, 1.82) is 0 Å². The molecule has 0 saturated carbocycles. The van der Waals surface area contributed by atoms with Gasteiger partial charge in [-0.3, -0.25) is 0 Å². The van der Waals surface area contributed by atoms with Crippen molar-refractivity contribution in [3.8, 4) is 0 Å². The average Bonchev–Trinajstić information content (AvgIpc) is 3.01. The third-order valence-electron chi connectivity index (χ3n) is 3.62. The Morgan fingerprint density at radius 2 is 2.04 bits per heavy atom. The lowest BCUT2D eigenvalue weighted by Gasteiger charge is -2.11. The highest BCUT2D eigenvalue weighted by molar-refractivity contribution is 7.89. The van der Waals surface area contributed by atoms with Gasteiger partial charge in [-0.1, -0.05) is 0 Å². The molecule has 1 heterocycles. The van der Waals surface area contributed by atoms with E-state index in [1.54, 1.807) is 6.92 Å². The zero-order valence-electron chi connectivity index (χ0n) is 13.1. The number of hydrogen-bond donors (Lipinski definition) is 2. The van der Waals surface area contributed by atoms with Gasteiger partial charge in [0.15, 0.2) is 0 Å². The Hall–Kier alpha value is -1.15. The fourth-order valence-corrected chi connectivity index (χ4v) is 3.49. The molecular weight excluding hydrogens is 340 g/mol. The topological polar surface area (TPSA) is 84.5 Å². The highest BCUT2D eigenvalue weighted by Gasteiger charge is 2.17. The number of hydrogen-bond acceptors (Lipinski definition) is 5. The molecule has 1 aliphatic heterocycles. The van der Waals surface area contributed by atoms with Gasteiger partial charge in [0.1, 0.15) is 0 Å². The van der Waals surface area contributed by atoms with E-state index >= 15 is 0 Å². The maximum atomic E-state index is 12.2. The van der Waals surface area contributed by atoms with Gasteiger partial charge in [-0.25, -0.2) is 17.9 Å². The van der Waals surface area contributed by atoms with Crippen molar-refractivity contribution in [1.82, 2.24) is 10.0 Å². The number of nitrogens with one attached hydrogen (secondary N) is 2. The molecule has 1 aromatic rings. The summed E-state index contributed by atoms with van der Waals surface area (Å²) in [5, 5.41) is 3.33. The SMILES string of the molecule is CCOC(=O)c1ccc(S(=O)(=O)NCC[C@H]2CCCN2)cc1.Cl. The Balaban J connectivity index is 0.00000264. The smallest absolute Gasteiger partial charge is 0.338 e. The lowest BCUT2D eigenvalue weighted by Crippen LogP contribution is -2.30. The van der Waals surface area contributed by atoms with Gasteiger partial charge in [-0.2, -0.15) is 0 Å². The molecule has 1 aliphatic rings. The maximum absolute atomic E-state index is 12.2. The summed E-state index contributed by atoms with van der Waals surface area (Å²) in [5.74, 6) is -0.452. The number of carbonyl (C=O) groups excluding carboxylic acids is 1. The molecule has 8 heteroatoms. The summed E-state index contributed by atoms with van der Waals surface area (Å²) in [6, 6.07) is 6.16. The van der Waals surface area contributed by atoms with Gasteiger partial charge in [-0.05, 0) is 57.0 Å². The summed E-state index contributed by atoms with van der Waals surface area (Å²) in [6.07, 6.45) is 3.02. The van der Waals surface area contributed by atoms with E-state index in [0.717, 1.165) is 25.8 Å². The third-order valence-corrected chi connectivity index (χ3v) is 5.10. The van der Waals surface area contributed by atoms with Crippen LogP contribution in [0.5, 0.6) is 0 Å². The Morgan fingerprint density at radius 1 is 1.35 bits per heavy atom. The molecule has 1 fully saturated rings. The van der Waals surface area contributed by atoms with Crippen molar-refractivity contribution >= 4 is 28.4 Å². The highest BCUT2D eigenvalue weighted by Crippen LogP contribution is 2.12. The van der Waals surface area contributed by atoms with Crippen molar-refractivity contribution in [2.45, 2.75) is 37.1 Å². The molecule has 6 nitrogen and oxygen atoms in total. The maximum Gasteiger partial charge on any atom is 0.338 e. The zero-order valence-corrected chi connectivity index (χ0v) is 14.7. The largest absolute Gasteiger partial charge is 0.462 e. The lowest BCUT2D eigenvalue weighted by molar-refractivity contribution is 0.0526. The van der Waals surface area contributed by atoms with E-state index in [2.05, 4.69) is 10.0 Å². The van der Waals surface area contributed by atoms with Crippen molar-refractivity contribution in [3.63, 3.8) is 0 Å². The quantitative estimate of drug-likeness (QED) is 0.721. The Labute approximate surface area is 143 Å². The van der Waals surface area contributed by atoms with Crippen LogP contribution >= 0.6 is 12.4 Å². The Morgan fingerprint density at radius 3 is 2.61 bits per heavy atom. The van der Waals surface area contributed by atoms with Gasteiger partial charge in [0.05, 0.1) is 17.1 Å². The van der Waals surface area contributed by atoms with Gasteiger partial charge in [-0.15, -0.1) is 12.4 Å². The number of sulfonamides is 1. The van der Waals surface area contributed by atoms with Crippen LogP contribution in [0.4, 0.5) is 0 Å².